The predicted octanol–water partition coefficient (Wildman–Crippen LogP) is 4.22. The van der Waals surface area contributed by atoms with Crippen molar-refractivity contribution in [1.82, 2.24) is 10.6 Å². The fourth-order valence-corrected chi connectivity index (χ4v) is 2.73. The Morgan fingerprint density at radius 3 is 2.40 bits per heavy atom. The van der Waals surface area contributed by atoms with Crippen LogP contribution >= 0.6 is 24.0 Å². The third kappa shape index (κ3) is 8.21. The minimum Gasteiger partial charge on any atom is -0.496 e. The van der Waals surface area contributed by atoms with E-state index in [0.717, 1.165) is 16.9 Å². The topological polar surface area (TPSA) is 64.1 Å². The molecule has 0 fully saturated rings. The van der Waals surface area contributed by atoms with Gasteiger partial charge in [0.05, 0.1) is 20.8 Å². The van der Waals surface area contributed by atoms with Crippen LogP contribution in [0.25, 0.3) is 0 Å². The molecule has 0 aliphatic carbocycles. The van der Waals surface area contributed by atoms with E-state index in [0.29, 0.717) is 32.0 Å². The molecule has 0 saturated heterocycles. The van der Waals surface area contributed by atoms with Crippen LogP contribution in [0.15, 0.2) is 47.5 Å². The molecule has 0 heterocycles. The van der Waals surface area contributed by atoms with Gasteiger partial charge in [0, 0.05) is 18.7 Å². The smallest absolute Gasteiger partial charge is 0.387 e. The maximum absolute atomic E-state index is 12.6. The summed E-state index contributed by atoms with van der Waals surface area (Å²) in [7, 11) is 3.04. The van der Waals surface area contributed by atoms with Gasteiger partial charge in [0.15, 0.2) is 17.5 Å². The molecule has 166 valence electrons. The third-order valence-electron chi connectivity index (χ3n) is 4.09. The zero-order valence-corrected chi connectivity index (χ0v) is 19.6. The molecule has 2 aromatic carbocycles. The lowest BCUT2D eigenvalue weighted by molar-refractivity contribution is -0.0512. The highest BCUT2D eigenvalue weighted by Gasteiger charge is 2.11. The maximum Gasteiger partial charge on any atom is 0.387 e. The molecular formula is C21H28F2IN3O3. The van der Waals surface area contributed by atoms with Gasteiger partial charge in [-0.2, -0.15) is 8.78 Å². The first-order chi connectivity index (χ1) is 14.1. The molecule has 9 heteroatoms. The van der Waals surface area contributed by atoms with Crippen LogP contribution in [0.2, 0.25) is 0 Å². The van der Waals surface area contributed by atoms with Gasteiger partial charge in [-0.1, -0.05) is 24.3 Å². The van der Waals surface area contributed by atoms with Gasteiger partial charge in [0.2, 0.25) is 0 Å². The zero-order valence-electron chi connectivity index (χ0n) is 17.3. The van der Waals surface area contributed by atoms with Crippen molar-refractivity contribution in [3.63, 3.8) is 0 Å². The first kappa shape index (κ1) is 25.7. The van der Waals surface area contributed by atoms with Gasteiger partial charge in [-0.15, -0.1) is 24.0 Å². The summed E-state index contributed by atoms with van der Waals surface area (Å²) in [6.07, 6.45) is 0.600. The Kier molecular flexibility index (Phi) is 11.9. The second-order valence-corrected chi connectivity index (χ2v) is 6.05. The van der Waals surface area contributed by atoms with Crippen molar-refractivity contribution >= 4 is 29.9 Å². The number of aliphatic imine (C=N–C) groups is 1. The van der Waals surface area contributed by atoms with Crippen LogP contribution in [0, 0.1) is 0 Å². The van der Waals surface area contributed by atoms with Crippen LogP contribution in [0.3, 0.4) is 0 Å². The Hall–Kier alpha value is -2.30. The Labute approximate surface area is 193 Å². The van der Waals surface area contributed by atoms with E-state index in [2.05, 4.69) is 20.4 Å². The summed E-state index contributed by atoms with van der Waals surface area (Å²) >= 11 is 0. The van der Waals surface area contributed by atoms with E-state index >= 15 is 0 Å². The molecule has 0 amide bonds. The molecule has 0 aromatic heterocycles. The summed E-state index contributed by atoms with van der Waals surface area (Å²) in [6, 6.07) is 12.7. The molecule has 0 aliphatic heterocycles. The molecule has 0 aliphatic rings. The first-order valence-corrected chi connectivity index (χ1v) is 9.33. The number of guanidine groups is 1. The number of hydrogen-bond donors (Lipinski definition) is 2. The molecule has 2 aromatic rings. The molecule has 0 radical (unpaired) electrons. The minimum absolute atomic E-state index is 0. The lowest BCUT2D eigenvalue weighted by atomic mass is 10.1. The van der Waals surface area contributed by atoms with Crippen molar-refractivity contribution in [2.45, 2.75) is 26.5 Å². The van der Waals surface area contributed by atoms with Gasteiger partial charge < -0.3 is 24.8 Å². The van der Waals surface area contributed by atoms with Crippen molar-refractivity contribution in [2.24, 2.45) is 4.99 Å². The highest BCUT2D eigenvalue weighted by atomic mass is 127. The normalized spacial score (nSPS) is 10.9. The number of nitrogens with one attached hydrogen (secondary N) is 2. The molecule has 2 N–H and O–H groups in total. The summed E-state index contributed by atoms with van der Waals surface area (Å²) in [5.74, 6) is 1.75. The summed E-state index contributed by atoms with van der Waals surface area (Å²) in [6.45, 7) is 0.830. The highest BCUT2D eigenvalue weighted by molar-refractivity contribution is 14.0. The largest absolute Gasteiger partial charge is 0.496 e. The molecule has 0 saturated carbocycles. The minimum atomic E-state index is -2.90. The monoisotopic (exact) mass is 535 g/mol. The van der Waals surface area contributed by atoms with E-state index in [1.54, 1.807) is 19.2 Å². The molecule has 0 spiro atoms. The number of nitrogens with zero attached hydrogens (tertiary/aromatic N) is 1. The van der Waals surface area contributed by atoms with E-state index in [-0.39, 0.29) is 35.5 Å². The van der Waals surface area contributed by atoms with Crippen molar-refractivity contribution in [3.05, 3.63) is 53.6 Å². The molecular weight excluding hydrogens is 507 g/mol. The maximum atomic E-state index is 12.6. The lowest BCUT2D eigenvalue weighted by Crippen LogP contribution is -2.38. The Morgan fingerprint density at radius 2 is 1.73 bits per heavy atom. The van der Waals surface area contributed by atoms with Crippen LogP contribution in [-0.2, 0) is 13.0 Å². The van der Waals surface area contributed by atoms with Gasteiger partial charge in [-0.25, -0.2) is 4.99 Å². The number of rotatable bonds is 10. The quantitative estimate of drug-likeness (QED) is 0.271. The van der Waals surface area contributed by atoms with Crippen LogP contribution in [0.1, 0.15) is 18.1 Å². The molecule has 6 nitrogen and oxygen atoms in total. The summed E-state index contributed by atoms with van der Waals surface area (Å²) < 4.78 is 40.1. The van der Waals surface area contributed by atoms with Crippen LogP contribution in [0.5, 0.6) is 17.2 Å². The number of hydrogen-bond acceptors (Lipinski definition) is 4. The van der Waals surface area contributed by atoms with Crippen LogP contribution in [-0.4, -0.2) is 39.9 Å². The molecule has 0 unspecified atom stereocenters. The van der Waals surface area contributed by atoms with Crippen LogP contribution < -0.4 is 24.8 Å². The Morgan fingerprint density at radius 1 is 1.00 bits per heavy atom. The average molecular weight is 535 g/mol. The molecule has 0 bridgehead atoms. The standard InChI is InChI=1S/C21H27F2N3O3.HI/c1-4-24-21(26-14-16-7-5-6-8-17(16)27-2)25-12-11-15-9-10-18(28-3)19(13-15)29-20(22)23;/h5-10,13,20H,4,11-12,14H2,1-3H3,(H2,24,25,26);1H. The van der Waals surface area contributed by atoms with Crippen molar-refractivity contribution in [1.29, 1.82) is 0 Å². The van der Waals surface area contributed by atoms with Crippen molar-refractivity contribution in [2.75, 3.05) is 27.3 Å². The predicted molar refractivity (Wildman–Crippen MR) is 125 cm³/mol. The van der Waals surface area contributed by atoms with Gasteiger partial charge in [-0.3, -0.25) is 0 Å². The number of alkyl halides is 2. The fraction of sp³-hybridized carbons (Fsp3) is 0.381. The number of halogens is 3. The van der Waals surface area contributed by atoms with E-state index in [4.69, 9.17) is 9.47 Å². The van der Waals surface area contributed by atoms with E-state index in [9.17, 15) is 8.78 Å². The number of para-hydroxylation sites is 1. The lowest BCUT2D eigenvalue weighted by Gasteiger charge is -2.14. The summed E-state index contributed by atoms with van der Waals surface area (Å²) in [5.41, 5.74) is 1.82. The van der Waals surface area contributed by atoms with Crippen molar-refractivity contribution in [3.8, 4) is 17.2 Å². The number of methoxy groups -OCH3 is 2. The van der Waals surface area contributed by atoms with Gasteiger partial charge in [-0.05, 0) is 37.1 Å². The SMILES string of the molecule is CCNC(=NCc1ccccc1OC)NCCc1ccc(OC)c(OC(F)F)c1.I. The second-order valence-electron chi connectivity index (χ2n) is 6.05. The zero-order chi connectivity index (χ0) is 21.1. The van der Waals surface area contributed by atoms with Crippen molar-refractivity contribution < 1.29 is 23.0 Å². The summed E-state index contributed by atoms with van der Waals surface area (Å²) in [4.78, 5) is 4.58. The van der Waals surface area contributed by atoms with E-state index in [1.807, 2.05) is 37.3 Å². The Bertz CT molecular complexity index is 807. The van der Waals surface area contributed by atoms with Crippen LogP contribution in [0.4, 0.5) is 8.78 Å². The Balaban J connectivity index is 0.00000450. The molecule has 0 atom stereocenters. The average Bonchev–Trinajstić information content (AvgIpc) is 2.72. The highest BCUT2D eigenvalue weighted by Crippen LogP contribution is 2.29. The fourth-order valence-electron chi connectivity index (χ4n) is 2.73. The van der Waals surface area contributed by atoms with Gasteiger partial charge in [0.1, 0.15) is 5.75 Å². The third-order valence-corrected chi connectivity index (χ3v) is 4.09. The second kappa shape index (κ2) is 13.8. The van der Waals surface area contributed by atoms with Gasteiger partial charge >= 0.3 is 6.61 Å². The first-order valence-electron chi connectivity index (χ1n) is 9.33. The number of benzene rings is 2. The molecule has 30 heavy (non-hydrogen) atoms. The van der Waals surface area contributed by atoms with Gasteiger partial charge in [0.25, 0.3) is 0 Å². The number of ether oxygens (including phenoxy) is 3. The van der Waals surface area contributed by atoms with E-state index in [1.165, 1.54) is 7.11 Å². The molecule has 2 rings (SSSR count). The summed E-state index contributed by atoms with van der Waals surface area (Å²) in [5, 5.41) is 6.43. The van der Waals surface area contributed by atoms with E-state index < -0.39 is 6.61 Å².